The Morgan fingerprint density at radius 1 is 0.839 bits per heavy atom. The average molecular weight is 435 g/mol. The topological polar surface area (TPSA) is 0 Å². The molecule has 2 aromatic carbocycles. The zero-order chi connectivity index (χ0) is 22.4. The lowest BCUT2D eigenvalue weighted by Gasteiger charge is -2.29. The molecular formula is C27H34F4. The van der Waals surface area contributed by atoms with Gasteiger partial charge in [0, 0.05) is 5.56 Å². The van der Waals surface area contributed by atoms with Crippen LogP contribution in [0, 0.1) is 35.1 Å². The predicted molar refractivity (Wildman–Crippen MR) is 119 cm³/mol. The van der Waals surface area contributed by atoms with Crippen LogP contribution in [0.1, 0.15) is 89.5 Å². The van der Waals surface area contributed by atoms with Crippen molar-refractivity contribution < 1.29 is 17.6 Å². The Bertz CT molecular complexity index is 829. The molecule has 0 N–H and O–H groups in total. The molecule has 4 heteroatoms. The van der Waals surface area contributed by atoms with Gasteiger partial charge in [0.05, 0.1) is 0 Å². The molecule has 0 aliphatic heterocycles. The van der Waals surface area contributed by atoms with Crippen LogP contribution >= 0.6 is 0 Å². The average Bonchev–Trinajstić information content (AvgIpc) is 2.77. The van der Waals surface area contributed by atoms with Gasteiger partial charge in [-0.3, -0.25) is 0 Å². The molecule has 0 bridgehead atoms. The number of benzene rings is 2. The Kier molecular flexibility index (Phi) is 8.57. The summed E-state index contributed by atoms with van der Waals surface area (Å²) in [6, 6.07) is 6.56. The van der Waals surface area contributed by atoms with E-state index < -0.39 is 23.3 Å². The summed E-state index contributed by atoms with van der Waals surface area (Å²) in [4.78, 5) is 0. The molecule has 0 radical (unpaired) electrons. The van der Waals surface area contributed by atoms with Crippen molar-refractivity contribution in [1.29, 1.82) is 0 Å². The molecule has 0 saturated heterocycles. The number of hydrogen-bond donors (Lipinski definition) is 0. The van der Waals surface area contributed by atoms with Crippen molar-refractivity contribution in [1.82, 2.24) is 0 Å². The summed E-state index contributed by atoms with van der Waals surface area (Å²) in [7, 11) is 0. The normalized spacial score (nSPS) is 20.1. The van der Waals surface area contributed by atoms with Crippen LogP contribution in [-0.2, 0) is 0 Å². The van der Waals surface area contributed by atoms with Gasteiger partial charge in [-0.25, -0.2) is 17.6 Å². The van der Waals surface area contributed by atoms with Crippen LogP contribution in [0.25, 0.3) is 11.1 Å². The third-order valence-electron chi connectivity index (χ3n) is 7.11. The molecule has 0 amide bonds. The smallest absolute Gasteiger partial charge is 0.194 e. The summed E-state index contributed by atoms with van der Waals surface area (Å²) in [6.45, 7) is 4.55. The quantitative estimate of drug-likeness (QED) is 0.273. The highest BCUT2D eigenvalue weighted by Crippen LogP contribution is 2.39. The van der Waals surface area contributed by atoms with Crippen molar-refractivity contribution in [2.24, 2.45) is 11.8 Å². The van der Waals surface area contributed by atoms with Gasteiger partial charge < -0.3 is 0 Å². The lowest BCUT2D eigenvalue weighted by molar-refractivity contribution is 0.291. The Morgan fingerprint density at radius 3 is 2.10 bits per heavy atom. The number of halogens is 4. The van der Waals surface area contributed by atoms with E-state index in [1.165, 1.54) is 57.4 Å². The molecular weight excluding hydrogens is 400 g/mol. The van der Waals surface area contributed by atoms with Gasteiger partial charge >= 0.3 is 0 Å². The third-order valence-corrected chi connectivity index (χ3v) is 7.11. The van der Waals surface area contributed by atoms with E-state index in [0.717, 1.165) is 42.4 Å². The molecule has 1 aliphatic carbocycles. The van der Waals surface area contributed by atoms with E-state index in [1.807, 2.05) is 6.07 Å². The van der Waals surface area contributed by atoms with Gasteiger partial charge in [0.1, 0.15) is 5.82 Å². The highest BCUT2D eigenvalue weighted by molar-refractivity contribution is 5.65. The summed E-state index contributed by atoms with van der Waals surface area (Å²) in [5, 5.41) is 0. The molecule has 1 atom stereocenters. The first-order valence-corrected chi connectivity index (χ1v) is 11.9. The first-order chi connectivity index (χ1) is 14.9. The SMILES string of the molecule is CCCC(CC)CCCC1CCC(c2ccc(-c3cc(F)c(F)c(F)c3)c(F)c2)CC1. The van der Waals surface area contributed by atoms with Crippen molar-refractivity contribution in [3.05, 3.63) is 59.2 Å². The van der Waals surface area contributed by atoms with Gasteiger partial charge in [-0.1, -0.05) is 64.5 Å². The Labute approximate surface area is 184 Å². The van der Waals surface area contributed by atoms with Crippen LogP contribution in [0.15, 0.2) is 30.3 Å². The largest absolute Gasteiger partial charge is 0.206 e. The third kappa shape index (κ3) is 6.11. The highest BCUT2D eigenvalue weighted by Gasteiger charge is 2.23. The van der Waals surface area contributed by atoms with Crippen molar-refractivity contribution in [2.75, 3.05) is 0 Å². The summed E-state index contributed by atoms with van der Waals surface area (Å²) in [5.74, 6) is -2.71. The fourth-order valence-corrected chi connectivity index (χ4v) is 5.17. The molecule has 0 aromatic heterocycles. The first-order valence-electron chi connectivity index (χ1n) is 11.9. The van der Waals surface area contributed by atoms with E-state index in [-0.39, 0.29) is 11.1 Å². The van der Waals surface area contributed by atoms with E-state index in [2.05, 4.69) is 13.8 Å². The molecule has 170 valence electrons. The molecule has 0 spiro atoms. The van der Waals surface area contributed by atoms with Crippen LogP contribution in [0.3, 0.4) is 0 Å². The van der Waals surface area contributed by atoms with E-state index >= 15 is 0 Å². The Balaban J connectivity index is 1.56. The molecule has 31 heavy (non-hydrogen) atoms. The maximum atomic E-state index is 14.7. The molecule has 3 rings (SSSR count). The number of hydrogen-bond acceptors (Lipinski definition) is 0. The van der Waals surface area contributed by atoms with Crippen molar-refractivity contribution in [2.45, 2.75) is 84.0 Å². The molecule has 2 aromatic rings. The predicted octanol–water partition coefficient (Wildman–Crippen LogP) is 9.18. The Hall–Kier alpha value is -1.84. The monoisotopic (exact) mass is 434 g/mol. The lowest BCUT2D eigenvalue weighted by Crippen LogP contribution is -2.14. The van der Waals surface area contributed by atoms with Gasteiger partial charge in [-0.05, 0) is 72.8 Å². The van der Waals surface area contributed by atoms with Crippen molar-refractivity contribution in [3.8, 4) is 11.1 Å². The molecule has 0 heterocycles. The van der Waals surface area contributed by atoms with Crippen LogP contribution in [-0.4, -0.2) is 0 Å². The van der Waals surface area contributed by atoms with E-state index in [0.29, 0.717) is 5.92 Å². The summed E-state index contributed by atoms with van der Waals surface area (Å²) >= 11 is 0. The molecule has 1 fully saturated rings. The van der Waals surface area contributed by atoms with Crippen LogP contribution in [0.5, 0.6) is 0 Å². The molecule has 0 nitrogen and oxygen atoms in total. The maximum Gasteiger partial charge on any atom is 0.194 e. The number of rotatable bonds is 9. The van der Waals surface area contributed by atoms with Crippen LogP contribution in [0.2, 0.25) is 0 Å². The maximum absolute atomic E-state index is 14.7. The summed E-state index contributed by atoms with van der Waals surface area (Å²) in [5.41, 5.74) is 1.04. The lowest BCUT2D eigenvalue weighted by atomic mass is 9.76. The van der Waals surface area contributed by atoms with Gasteiger partial charge in [-0.15, -0.1) is 0 Å². The van der Waals surface area contributed by atoms with Gasteiger partial charge in [0.25, 0.3) is 0 Å². The van der Waals surface area contributed by atoms with Crippen LogP contribution < -0.4 is 0 Å². The van der Waals surface area contributed by atoms with Crippen LogP contribution in [0.4, 0.5) is 17.6 Å². The second kappa shape index (κ2) is 11.2. The Morgan fingerprint density at radius 2 is 1.52 bits per heavy atom. The minimum absolute atomic E-state index is 0.0117. The second-order valence-electron chi connectivity index (χ2n) is 9.20. The summed E-state index contributed by atoms with van der Waals surface area (Å²) in [6.07, 6.45) is 12.3. The minimum Gasteiger partial charge on any atom is -0.206 e. The zero-order valence-electron chi connectivity index (χ0n) is 18.7. The first kappa shape index (κ1) is 23.8. The van der Waals surface area contributed by atoms with Crippen molar-refractivity contribution >= 4 is 0 Å². The second-order valence-corrected chi connectivity index (χ2v) is 9.20. The fraction of sp³-hybridized carbons (Fsp3) is 0.556. The molecule has 1 aliphatic rings. The highest BCUT2D eigenvalue weighted by atomic mass is 19.2. The van der Waals surface area contributed by atoms with Gasteiger partial charge in [0.2, 0.25) is 0 Å². The van der Waals surface area contributed by atoms with E-state index in [1.54, 1.807) is 6.07 Å². The molecule has 1 saturated carbocycles. The van der Waals surface area contributed by atoms with Gasteiger partial charge in [-0.2, -0.15) is 0 Å². The van der Waals surface area contributed by atoms with E-state index in [4.69, 9.17) is 0 Å². The van der Waals surface area contributed by atoms with E-state index in [9.17, 15) is 17.6 Å². The molecule has 1 unspecified atom stereocenters. The standard InChI is InChI=1S/C27H34F4/c1-3-6-18(4-2)7-5-8-19-9-11-20(12-10-19)21-13-14-23(24(28)15-21)22-16-25(29)27(31)26(30)17-22/h13-20H,3-12H2,1-2H3. The fourth-order valence-electron chi connectivity index (χ4n) is 5.17. The minimum atomic E-state index is -1.53. The summed E-state index contributed by atoms with van der Waals surface area (Å²) < 4.78 is 55.0. The van der Waals surface area contributed by atoms with Crippen molar-refractivity contribution in [3.63, 3.8) is 0 Å². The zero-order valence-corrected chi connectivity index (χ0v) is 18.7. The van der Waals surface area contributed by atoms with Gasteiger partial charge in [0.15, 0.2) is 17.5 Å².